The van der Waals surface area contributed by atoms with E-state index in [9.17, 15) is 4.39 Å². The quantitative estimate of drug-likeness (QED) is 0.803. The number of halogens is 1. The maximum atomic E-state index is 13.3. The summed E-state index contributed by atoms with van der Waals surface area (Å²) in [6.45, 7) is 3.28. The average Bonchev–Trinajstić information content (AvgIpc) is 2.73. The Morgan fingerprint density at radius 1 is 1.65 bits per heavy atom. The Hall–Kier alpha value is -2.09. The van der Waals surface area contributed by atoms with Crippen molar-refractivity contribution >= 4 is 5.96 Å². The van der Waals surface area contributed by atoms with Crippen molar-refractivity contribution in [3.05, 3.63) is 35.1 Å². The monoisotopic (exact) mass is 232 g/mol. The molecular weight excluding hydrogens is 219 g/mol. The number of guanidine groups is 1. The zero-order valence-electron chi connectivity index (χ0n) is 9.50. The van der Waals surface area contributed by atoms with Crippen LogP contribution in [0, 0.1) is 17.1 Å². The molecule has 17 heavy (non-hydrogen) atoms. The van der Waals surface area contributed by atoms with Crippen LogP contribution in [0.15, 0.2) is 23.2 Å². The molecule has 0 fully saturated rings. The molecule has 1 aliphatic heterocycles. The van der Waals surface area contributed by atoms with Gasteiger partial charge in [0.15, 0.2) is 5.96 Å². The zero-order valence-corrected chi connectivity index (χ0v) is 9.50. The predicted octanol–water partition coefficient (Wildman–Crippen LogP) is 1.13. The highest BCUT2D eigenvalue weighted by atomic mass is 19.1. The molecule has 0 saturated carbocycles. The first-order valence-corrected chi connectivity index (χ1v) is 5.42. The second-order valence-corrected chi connectivity index (χ2v) is 4.01. The third-order valence-corrected chi connectivity index (χ3v) is 2.52. The highest BCUT2D eigenvalue weighted by molar-refractivity contribution is 5.81. The molecular formula is C12H13FN4. The number of nitrogens with one attached hydrogen (secondary N) is 2. The Kier molecular flexibility index (Phi) is 3.24. The Labute approximate surface area is 99.2 Å². The van der Waals surface area contributed by atoms with Crippen LogP contribution < -0.4 is 10.6 Å². The molecule has 0 spiro atoms. The number of rotatable bonds is 2. The maximum Gasteiger partial charge on any atom is 0.191 e. The van der Waals surface area contributed by atoms with Crippen LogP contribution in [0.5, 0.6) is 0 Å². The summed E-state index contributed by atoms with van der Waals surface area (Å²) in [7, 11) is 0. The third-order valence-electron chi connectivity index (χ3n) is 2.52. The van der Waals surface area contributed by atoms with Gasteiger partial charge in [0.1, 0.15) is 11.9 Å². The summed E-state index contributed by atoms with van der Waals surface area (Å²) < 4.78 is 13.3. The first-order chi connectivity index (χ1) is 8.19. The largest absolute Gasteiger partial charge is 0.352 e. The molecule has 0 aliphatic carbocycles. The summed E-state index contributed by atoms with van der Waals surface area (Å²) in [6, 6.07) is 6.72. The minimum Gasteiger partial charge on any atom is -0.352 e. The summed E-state index contributed by atoms with van der Waals surface area (Å²) >= 11 is 0. The van der Waals surface area contributed by atoms with Crippen molar-refractivity contribution in [1.29, 1.82) is 5.26 Å². The number of hydrogen-bond donors (Lipinski definition) is 2. The highest BCUT2D eigenvalue weighted by Gasteiger charge is 2.11. The molecule has 1 heterocycles. The maximum absolute atomic E-state index is 13.3. The fourth-order valence-electron chi connectivity index (χ4n) is 1.60. The average molecular weight is 232 g/mol. The molecule has 2 N–H and O–H groups in total. The number of benzene rings is 1. The highest BCUT2D eigenvalue weighted by Crippen LogP contribution is 2.09. The standard InChI is InChI=1S/C12H13FN4/c1-8-6-15-12(17-8)16-7-9-2-3-10(5-14)11(13)4-9/h2-4,8H,6-7H2,1H3,(H2,15,16,17). The normalized spacial score (nSPS) is 18.2. The molecule has 5 heteroatoms. The Morgan fingerprint density at radius 2 is 2.47 bits per heavy atom. The lowest BCUT2D eigenvalue weighted by molar-refractivity contribution is 0.620. The van der Waals surface area contributed by atoms with Crippen molar-refractivity contribution in [2.75, 3.05) is 6.54 Å². The lowest BCUT2D eigenvalue weighted by Gasteiger charge is -2.09. The van der Waals surface area contributed by atoms with E-state index in [4.69, 9.17) is 5.26 Å². The molecule has 1 aromatic carbocycles. The molecule has 0 bridgehead atoms. The number of nitrogens with zero attached hydrogens (tertiary/aromatic N) is 2. The van der Waals surface area contributed by atoms with Crippen LogP contribution >= 0.6 is 0 Å². The van der Waals surface area contributed by atoms with Crippen LogP contribution in [0.25, 0.3) is 0 Å². The fraction of sp³-hybridized carbons (Fsp3) is 0.333. The van der Waals surface area contributed by atoms with Gasteiger partial charge in [0, 0.05) is 12.6 Å². The van der Waals surface area contributed by atoms with Crippen molar-refractivity contribution in [3.63, 3.8) is 0 Å². The van der Waals surface area contributed by atoms with Crippen LogP contribution in [0.2, 0.25) is 0 Å². The van der Waals surface area contributed by atoms with Crippen molar-refractivity contribution < 1.29 is 4.39 Å². The Balaban J connectivity index is 1.96. The van der Waals surface area contributed by atoms with Gasteiger partial charge in [-0.05, 0) is 24.6 Å². The van der Waals surface area contributed by atoms with Crippen molar-refractivity contribution in [2.45, 2.75) is 19.5 Å². The van der Waals surface area contributed by atoms with E-state index in [0.717, 1.165) is 18.1 Å². The second-order valence-electron chi connectivity index (χ2n) is 4.01. The van der Waals surface area contributed by atoms with Crippen LogP contribution in [-0.4, -0.2) is 18.5 Å². The van der Waals surface area contributed by atoms with Crippen molar-refractivity contribution in [2.24, 2.45) is 4.99 Å². The van der Waals surface area contributed by atoms with Gasteiger partial charge in [0.25, 0.3) is 0 Å². The summed E-state index contributed by atoms with van der Waals surface area (Å²) in [6.07, 6.45) is 0. The number of nitriles is 1. The van der Waals surface area contributed by atoms with E-state index in [1.165, 1.54) is 12.1 Å². The summed E-state index contributed by atoms with van der Waals surface area (Å²) in [5.74, 6) is 0.253. The SMILES string of the molecule is CC1CN=C(NCc2ccc(C#N)c(F)c2)N1. The third kappa shape index (κ3) is 2.72. The minimum absolute atomic E-state index is 0.0682. The summed E-state index contributed by atoms with van der Waals surface area (Å²) in [4.78, 5) is 4.24. The van der Waals surface area contributed by atoms with E-state index < -0.39 is 5.82 Å². The topological polar surface area (TPSA) is 60.2 Å². The van der Waals surface area contributed by atoms with Crippen LogP contribution in [-0.2, 0) is 6.54 Å². The fourth-order valence-corrected chi connectivity index (χ4v) is 1.60. The van der Waals surface area contributed by atoms with Gasteiger partial charge in [0.2, 0.25) is 0 Å². The van der Waals surface area contributed by atoms with Gasteiger partial charge in [-0.2, -0.15) is 5.26 Å². The van der Waals surface area contributed by atoms with Crippen molar-refractivity contribution in [1.82, 2.24) is 10.6 Å². The smallest absolute Gasteiger partial charge is 0.191 e. The molecule has 1 aliphatic rings. The zero-order chi connectivity index (χ0) is 12.3. The summed E-state index contributed by atoms with van der Waals surface area (Å²) in [5, 5.41) is 14.8. The lowest BCUT2D eigenvalue weighted by Crippen LogP contribution is -2.37. The van der Waals surface area contributed by atoms with E-state index in [1.54, 1.807) is 12.1 Å². The van der Waals surface area contributed by atoms with Gasteiger partial charge in [-0.1, -0.05) is 6.07 Å². The Morgan fingerprint density at radius 3 is 3.06 bits per heavy atom. The number of aliphatic imine (C=N–C) groups is 1. The van der Waals surface area contributed by atoms with Crippen LogP contribution in [0.3, 0.4) is 0 Å². The first kappa shape index (κ1) is 11.4. The van der Waals surface area contributed by atoms with Crippen LogP contribution in [0.4, 0.5) is 4.39 Å². The van der Waals surface area contributed by atoms with Gasteiger partial charge in [0.05, 0.1) is 12.1 Å². The number of hydrogen-bond acceptors (Lipinski definition) is 4. The van der Waals surface area contributed by atoms with E-state index >= 15 is 0 Å². The first-order valence-electron chi connectivity index (χ1n) is 5.42. The molecule has 0 amide bonds. The van der Waals surface area contributed by atoms with Gasteiger partial charge >= 0.3 is 0 Å². The molecule has 88 valence electrons. The lowest BCUT2D eigenvalue weighted by atomic mass is 10.1. The molecule has 0 saturated heterocycles. The van der Waals surface area contributed by atoms with E-state index in [1.807, 2.05) is 6.92 Å². The molecule has 0 aromatic heterocycles. The second kappa shape index (κ2) is 4.83. The minimum atomic E-state index is -0.485. The van der Waals surface area contributed by atoms with Gasteiger partial charge < -0.3 is 10.6 Å². The molecule has 1 unspecified atom stereocenters. The molecule has 1 aromatic rings. The predicted molar refractivity (Wildman–Crippen MR) is 62.9 cm³/mol. The van der Waals surface area contributed by atoms with E-state index in [2.05, 4.69) is 15.6 Å². The van der Waals surface area contributed by atoms with Gasteiger partial charge in [-0.3, -0.25) is 4.99 Å². The van der Waals surface area contributed by atoms with Crippen LogP contribution in [0.1, 0.15) is 18.1 Å². The summed E-state index contributed by atoms with van der Waals surface area (Å²) in [5.41, 5.74) is 0.851. The van der Waals surface area contributed by atoms with E-state index in [0.29, 0.717) is 12.6 Å². The molecule has 4 nitrogen and oxygen atoms in total. The molecule has 1 atom stereocenters. The van der Waals surface area contributed by atoms with Gasteiger partial charge in [-0.15, -0.1) is 0 Å². The molecule has 2 rings (SSSR count). The van der Waals surface area contributed by atoms with Crippen molar-refractivity contribution in [3.8, 4) is 6.07 Å². The van der Waals surface area contributed by atoms with Gasteiger partial charge in [-0.25, -0.2) is 4.39 Å². The Bertz CT molecular complexity index is 490. The molecule has 0 radical (unpaired) electrons. The van der Waals surface area contributed by atoms with E-state index in [-0.39, 0.29) is 5.56 Å².